The molecule has 0 amide bonds. The molecule has 1 saturated heterocycles. The first-order valence-corrected chi connectivity index (χ1v) is 12.2. The number of nitrogens with zero attached hydrogens (tertiary/aromatic N) is 4. The van der Waals surface area contributed by atoms with Crippen LogP contribution in [0.1, 0.15) is 0 Å². The third-order valence-corrected chi connectivity index (χ3v) is 7.58. The number of aromatic amines is 1. The highest BCUT2D eigenvalue weighted by atomic mass is 32.2. The van der Waals surface area contributed by atoms with E-state index in [-0.39, 0.29) is 29.3 Å². The lowest BCUT2D eigenvalue weighted by Crippen LogP contribution is -2.46. The van der Waals surface area contributed by atoms with Gasteiger partial charge in [-0.05, 0) is 29.0 Å². The van der Waals surface area contributed by atoms with Crippen LogP contribution in [0, 0.1) is 0 Å². The molecule has 1 aromatic carbocycles. The summed E-state index contributed by atoms with van der Waals surface area (Å²) in [6, 6.07) is 4.53. The van der Waals surface area contributed by atoms with Crippen molar-refractivity contribution in [1.29, 1.82) is 0 Å². The predicted molar refractivity (Wildman–Crippen MR) is 114 cm³/mol. The molecule has 32 heavy (non-hydrogen) atoms. The summed E-state index contributed by atoms with van der Waals surface area (Å²) in [5, 5.41) is 21.8. The van der Waals surface area contributed by atoms with Crippen molar-refractivity contribution in [2.24, 2.45) is 10.9 Å². The lowest BCUT2D eigenvalue weighted by Gasteiger charge is -2.20. The molecule has 0 spiro atoms. The Labute approximate surface area is 183 Å². The smallest absolute Gasteiger partial charge is 0.242 e. The maximum Gasteiger partial charge on any atom is 0.242 e. The van der Waals surface area contributed by atoms with Crippen molar-refractivity contribution in [3.8, 4) is 22.5 Å². The van der Waals surface area contributed by atoms with Crippen molar-refractivity contribution < 1.29 is 16.8 Å². The predicted octanol–water partition coefficient (Wildman–Crippen LogP) is -2.26. The van der Waals surface area contributed by atoms with Crippen molar-refractivity contribution in [2.75, 3.05) is 18.8 Å². The molecule has 14 nitrogen and oxygen atoms in total. The highest BCUT2D eigenvalue weighted by Crippen LogP contribution is 2.38. The monoisotopic (exact) mass is 480 g/mol. The summed E-state index contributed by atoms with van der Waals surface area (Å²) in [5.74, 6) is 0.0728. The van der Waals surface area contributed by atoms with Crippen LogP contribution in [0.2, 0.25) is 0 Å². The largest absolute Gasteiger partial charge is 0.384 e. The average Bonchev–Trinajstić information content (AvgIpc) is 3.39. The van der Waals surface area contributed by atoms with Crippen LogP contribution in [0.4, 0.5) is 5.82 Å². The van der Waals surface area contributed by atoms with Gasteiger partial charge in [0.25, 0.3) is 0 Å². The number of primary sulfonamides is 1. The van der Waals surface area contributed by atoms with Gasteiger partial charge >= 0.3 is 0 Å². The Bertz CT molecular complexity index is 1340. The first-order chi connectivity index (χ1) is 15.1. The third kappa shape index (κ3) is 4.18. The van der Waals surface area contributed by atoms with Gasteiger partial charge in [-0.2, -0.15) is 5.21 Å². The molecular formula is C16H20N10O4S2. The molecule has 1 aliphatic heterocycles. The van der Waals surface area contributed by atoms with E-state index in [1.165, 1.54) is 18.3 Å². The summed E-state index contributed by atoms with van der Waals surface area (Å²) in [6.07, 6.45) is 1.40. The van der Waals surface area contributed by atoms with Crippen molar-refractivity contribution in [1.82, 2.24) is 35.6 Å². The van der Waals surface area contributed by atoms with Crippen LogP contribution in [0.25, 0.3) is 22.5 Å². The lowest BCUT2D eigenvalue weighted by atomic mass is 10.0. The Balaban J connectivity index is 1.98. The minimum atomic E-state index is -4.59. The zero-order chi connectivity index (χ0) is 23.1. The summed E-state index contributed by atoms with van der Waals surface area (Å²) in [5.41, 5.74) is 12.1. The van der Waals surface area contributed by atoms with E-state index in [9.17, 15) is 16.8 Å². The number of pyridine rings is 1. The number of H-pyrrole nitrogens is 1. The number of nitrogen functional groups attached to an aromatic ring is 1. The first-order valence-electron chi connectivity index (χ1n) is 9.22. The van der Waals surface area contributed by atoms with Crippen LogP contribution in [0.5, 0.6) is 0 Å². The molecule has 1 aliphatic rings. The molecular weight excluding hydrogens is 460 g/mol. The van der Waals surface area contributed by atoms with E-state index >= 15 is 0 Å². The molecule has 2 atom stereocenters. The molecule has 4 rings (SSSR count). The minimum absolute atomic E-state index is 0.149. The lowest BCUT2D eigenvalue weighted by molar-refractivity contribution is 0.536. The maximum atomic E-state index is 13.2. The van der Waals surface area contributed by atoms with Gasteiger partial charge in [0.15, 0.2) is 0 Å². The molecule has 0 aliphatic carbocycles. The second-order valence-corrected chi connectivity index (χ2v) is 10.3. The molecule has 0 unspecified atom stereocenters. The summed E-state index contributed by atoms with van der Waals surface area (Å²) < 4.78 is 54.2. The summed E-state index contributed by atoms with van der Waals surface area (Å²) in [6.45, 7) is 0.699. The Morgan fingerprint density at radius 3 is 2.44 bits per heavy atom. The molecule has 2 aromatic heterocycles. The van der Waals surface area contributed by atoms with E-state index in [1.54, 1.807) is 6.07 Å². The van der Waals surface area contributed by atoms with Crippen LogP contribution in [-0.2, 0) is 20.0 Å². The van der Waals surface area contributed by atoms with E-state index in [1.807, 2.05) is 0 Å². The number of nitrogens with two attached hydrogens (primary N) is 3. The SMILES string of the molecule is Nc1ccc(-c2ccc(S(=O)(=O)N[C@H]3CNC[C@H]3N)c(S(N)(=O)=O)c2-c2nn[nH]n2)cn1. The standard InChI is InChI=1S/C16H20N10O4S2/c17-10-6-20-7-11(10)24-32(29,30)12-3-2-9(8-1-4-13(18)21-5-8)14(15(12)31(19,27)28)16-22-25-26-23-16/h1-5,10-11,20,24H,6-7,17H2,(H2,18,21)(H2,19,27,28)(H,22,23,25,26)/t10-,11+/m1/s1. The van der Waals surface area contributed by atoms with Crippen LogP contribution in [-0.4, -0.2) is 67.6 Å². The van der Waals surface area contributed by atoms with Gasteiger partial charge in [0.2, 0.25) is 25.9 Å². The maximum absolute atomic E-state index is 13.2. The third-order valence-electron chi connectivity index (χ3n) is 4.93. The number of benzene rings is 1. The fourth-order valence-electron chi connectivity index (χ4n) is 3.44. The fraction of sp³-hybridized carbons (Fsp3) is 0.250. The number of tetrazole rings is 1. The molecule has 16 heteroatoms. The minimum Gasteiger partial charge on any atom is -0.384 e. The Kier molecular flexibility index (Phi) is 5.65. The molecule has 3 aromatic rings. The van der Waals surface area contributed by atoms with Gasteiger partial charge in [0.05, 0.1) is 11.6 Å². The summed E-state index contributed by atoms with van der Waals surface area (Å²) >= 11 is 0. The Hall–Kier alpha value is -3.02. The van der Waals surface area contributed by atoms with Gasteiger partial charge in [0, 0.05) is 30.9 Å². The second kappa shape index (κ2) is 8.15. The number of anilines is 1. The van der Waals surface area contributed by atoms with Crippen molar-refractivity contribution in [3.63, 3.8) is 0 Å². The van der Waals surface area contributed by atoms with Gasteiger partial charge in [-0.1, -0.05) is 6.07 Å². The van der Waals surface area contributed by atoms with Crippen molar-refractivity contribution in [3.05, 3.63) is 30.5 Å². The molecule has 0 bridgehead atoms. The van der Waals surface area contributed by atoms with Gasteiger partial charge in [-0.3, -0.25) is 0 Å². The van der Waals surface area contributed by atoms with Crippen LogP contribution >= 0.6 is 0 Å². The number of aromatic nitrogens is 5. The number of hydrogen-bond donors (Lipinski definition) is 6. The average molecular weight is 481 g/mol. The topological polar surface area (TPSA) is 238 Å². The first kappa shape index (κ1) is 22.2. The highest BCUT2D eigenvalue weighted by Gasteiger charge is 2.35. The summed E-state index contributed by atoms with van der Waals surface area (Å²) in [4.78, 5) is 2.75. The molecule has 9 N–H and O–H groups in total. The van der Waals surface area contributed by atoms with Crippen LogP contribution in [0.3, 0.4) is 0 Å². The number of rotatable bonds is 6. The van der Waals surface area contributed by atoms with Gasteiger partial charge in [0.1, 0.15) is 15.6 Å². The molecule has 1 fully saturated rings. The molecule has 0 saturated carbocycles. The van der Waals surface area contributed by atoms with Crippen molar-refractivity contribution >= 4 is 25.9 Å². The van der Waals surface area contributed by atoms with E-state index in [2.05, 4.69) is 35.6 Å². The number of nitrogens with one attached hydrogen (secondary N) is 3. The number of hydrogen-bond acceptors (Lipinski definition) is 11. The van der Waals surface area contributed by atoms with E-state index in [0.29, 0.717) is 12.1 Å². The second-order valence-electron chi connectivity index (χ2n) is 7.12. The van der Waals surface area contributed by atoms with Gasteiger partial charge in [-0.25, -0.2) is 31.7 Å². The Morgan fingerprint density at radius 1 is 1.09 bits per heavy atom. The normalized spacial score (nSPS) is 19.3. The zero-order valence-electron chi connectivity index (χ0n) is 16.4. The van der Waals surface area contributed by atoms with E-state index in [4.69, 9.17) is 16.6 Å². The van der Waals surface area contributed by atoms with Gasteiger partial charge in [-0.15, -0.1) is 10.2 Å². The summed E-state index contributed by atoms with van der Waals surface area (Å²) in [7, 11) is -8.95. The highest BCUT2D eigenvalue weighted by molar-refractivity contribution is 7.92. The van der Waals surface area contributed by atoms with Gasteiger partial charge < -0.3 is 16.8 Å². The Morgan fingerprint density at radius 2 is 1.88 bits per heavy atom. The van der Waals surface area contributed by atoms with E-state index < -0.39 is 41.9 Å². The molecule has 0 radical (unpaired) electrons. The van der Waals surface area contributed by atoms with Crippen molar-refractivity contribution in [2.45, 2.75) is 21.9 Å². The van der Waals surface area contributed by atoms with E-state index in [0.717, 1.165) is 6.07 Å². The van der Waals surface area contributed by atoms with Crippen LogP contribution < -0.4 is 26.6 Å². The molecule has 3 heterocycles. The quantitative estimate of drug-likeness (QED) is 0.220. The zero-order valence-corrected chi connectivity index (χ0v) is 18.1. The van der Waals surface area contributed by atoms with Crippen LogP contribution in [0.15, 0.2) is 40.3 Å². The fourth-order valence-corrected chi connectivity index (χ4v) is 6.33. The molecule has 170 valence electrons. The number of sulfonamides is 2.